The largest absolute Gasteiger partial charge is 0.482 e. The number of benzene rings is 2. The summed E-state index contributed by atoms with van der Waals surface area (Å²) in [6.45, 7) is 8.62. The van der Waals surface area contributed by atoms with Crippen molar-refractivity contribution in [2.75, 3.05) is 49.7 Å². The van der Waals surface area contributed by atoms with Crippen LogP contribution in [0.4, 0.5) is 11.4 Å². The van der Waals surface area contributed by atoms with Gasteiger partial charge in [0.2, 0.25) is 0 Å². The molecule has 0 aromatic heterocycles. The van der Waals surface area contributed by atoms with Crippen LogP contribution < -0.4 is 15.0 Å². The lowest BCUT2D eigenvalue weighted by molar-refractivity contribution is -0.149. The third-order valence-corrected chi connectivity index (χ3v) is 5.03. The first kappa shape index (κ1) is 22.6. The summed E-state index contributed by atoms with van der Waals surface area (Å²) in [6.07, 6.45) is 0. The molecule has 0 radical (unpaired) electrons. The van der Waals surface area contributed by atoms with Crippen LogP contribution in [0.1, 0.15) is 30.9 Å². The molecule has 2 aromatic carbocycles. The van der Waals surface area contributed by atoms with Crippen molar-refractivity contribution < 1.29 is 23.8 Å². The fourth-order valence-corrected chi connectivity index (χ4v) is 3.34. The molecule has 3 rings (SSSR count). The maximum absolute atomic E-state index is 12.1. The number of anilines is 2. The van der Waals surface area contributed by atoms with Crippen LogP contribution in [0, 0.1) is 6.92 Å². The number of esters is 1. The Morgan fingerprint density at radius 1 is 1.06 bits per heavy atom. The fourth-order valence-electron chi connectivity index (χ4n) is 3.34. The van der Waals surface area contributed by atoms with Crippen LogP contribution in [-0.4, -0.2) is 51.4 Å². The van der Waals surface area contributed by atoms with Gasteiger partial charge in [-0.05, 0) is 54.3 Å². The summed E-state index contributed by atoms with van der Waals surface area (Å²) in [5.41, 5.74) is 3.81. The van der Waals surface area contributed by atoms with E-state index in [0.29, 0.717) is 11.4 Å². The fraction of sp³-hybridized carbons (Fsp3) is 0.417. The van der Waals surface area contributed by atoms with Gasteiger partial charge in [-0.25, -0.2) is 4.79 Å². The number of aryl methyl sites for hydroxylation is 1. The molecule has 31 heavy (non-hydrogen) atoms. The predicted octanol–water partition coefficient (Wildman–Crippen LogP) is 3.52. The Hall–Kier alpha value is -3.06. The first-order valence-electron chi connectivity index (χ1n) is 10.5. The van der Waals surface area contributed by atoms with E-state index in [1.165, 1.54) is 0 Å². The molecular weight excluding hydrogens is 396 g/mol. The molecule has 0 atom stereocenters. The molecule has 1 aliphatic heterocycles. The summed E-state index contributed by atoms with van der Waals surface area (Å²) in [4.78, 5) is 26.4. The highest BCUT2D eigenvalue weighted by Crippen LogP contribution is 2.27. The molecule has 1 saturated heterocycles. The number of carbonyl (C=O) groups is 2. The molecule has 0 aliphatic carbocycles. The molecule has 7 nitrogen and oxygen atoms in total. The minimum absolute atomic E-state index is 0.245. The summed E-state index contributed by atoms with van der Waals surface area (Å²) < 4.78 is 16.1. The maximum Gasteiger partial charge on any atom is 0.344 e. The minimum Gasteiger partial charge on any atom is -0.482 e. The summed E-state index contributed by atoms with van der Waals surface area (Å²) in [6, 6.07) is 13.5. The zero-order valence-corrected chi connectivity index (χ0v) is 18.3. The van der Waals surface area contributed by atoms with Gasteiger partial charge in [-0.1, -0.05) is 26.0 Å². The normalized spacial score (nSPS) is 13.7. The van der Waals surface area contributed by atoms with E-state index in [1.807, 2.05) is 49.4 Å². The van der Waals surface area contributed by atoms with Crippen molar-refractivity contribution in [2.24, 2.45) is 0 Å². The Morgan fingerprint density at radius 2 is 1.77 bits per heavy atom. The maximum atomic E-state index is 12.1. The Morgan fingerprint density at radius 3 is 2.45 bits per heavy atom. The first-order valence-corrected chi connectivity index (χ1v) is 10.5. The number of hydrogen-bond acceptors (Lipinski definition) is 6. The molecule has 1 fully saturated rings. The molecule has 0 spiro atoms. The van der Waals surface area contributed by atoms with Gasteiger partial charge in [-0.3, -0.25) is 4.79 Å². The Labute approximate surface area is 183 Å². The highest BCUT2D eigenvalue weighted by Gasteiger charge is 2.14. The zero-order chi connectivity index (χ0) is 22.2. The van der Waals surface area contributed by atoms with Crippen molar-refractivity contribution in [1.82, 2.24) is 0 Å². The molecule has 1 aliphatic rings. The number of nitrogens with one attached hydrogen (secondary N) is 1. The van der Waals surface area contributed by atoms with Crippen molar-refractivity contribution in [1.29, 1.82) is 0 Å². The quantitative estimate of drug-likeness (QED) is 0.651. The second-order valence-electron chi connectivity index (χ2n) is 7.84. The minimum atomic E-state index is -0.589. The van der Waals surface area contributed by atoms with Crippen LogP contribution in [0.5, 0.6) is 5.75 Å². The van der Waals surface area contributed by atoms with E-state index >= 15 is 0 Å². The topological polar surface area (TPSA) is 77.1 Å². The van der Waals surface area contributed by atoms with Gasteiger partial charge >= 0.3 is 5.97 Å². The highest BCUT2D eigenvalue weighted by molar-refractivity contribution is 5.93. The Bertz CT molecular complexity index is 889. The van der Waals surface area contributed by atoms with Gasteiger partial charge in [0.15, 0.2) is 13.2 Å². The van der Waals surface area contributed by atoms with Crippen molar-refractivity contribution in [3.8, 4) is 5.75 Å². The number of morpholine rings is 1. The summed E-state index contributed by atoms with van der Waals surface area (Å²) in [5, 5.41) is 2.73. The second kappa shape index (κ2) is 10.8. The summed E-state index contributed by atoms with van der Waals surface area (Å²) in [7, 11) is 0. The summed E-state index contributed by atoms with van der Waals surface area (Å²) >= 11 is 0. The van der Waals surface area contributed by atoms with Crippen molar-refractivity contribution in [3.05, 3.63) is 53.6 Å². The van der Waals surface area contributed by atoms with Gasteiger partial charge < -0.3 is 24.4 Å². The molecule has 0 unspecified atom stereocenters. The van der Waals surface area contributed by atoms with E-state index in [-0.39, 0.29) is 19.1 Å². The van der Waals surface area contributed by atoms with Gasteiger partial charge in [0.1, 0.15) is 5.75 Å². The van der Waals surface area contributed by atoms with Gasteiger partial charge in [-0.15, -0.1) is 0 Å². The van der Waals surface area contributed by atoms with Crippen LogP contribution in [0.3, 0.4) is 0 Å². The van der Waals surface area contributed by atoms with Crippen molar-refractivity contribution in [3.63, 3.8) is 0 Å². The molecule has 166 valence electrons. The number of rotatable bonds is 8. The van der Waals surface area contributed by atoms with E-state index in [4.69, 9.17) is 14.2 Å². The van der Waals surface area contributed by atoms with Crippen LogP contribution in [0.2, 0.25) is 0 Å². The summed E-state index contributed by atoms with van der Waals surface area (Å²) in [5.74, 6) is -0.0521. The lowest BCUT2D eigenvalue weighted by atomic mass is 10.0. The number of amides is 1. The Kier molecular flexibility index (Phi) is 7.89. The zero-order valence-electron chi connectivity index (χ0n) is 18.3. The predicted molar refractivity (Wildman–Crippen MR) is 120 cm³/mol. The Balaban J connectivity index is 1.43. The van der Waals surface area contributed by atoms with Crippen LogP contribution >= 0.6 is 0 Å². The SMILES string of the molecule is Cc1ccc(C(C)C)c(OCC(=O)OCC(=O)Nc2ccc(N3CCOCC3)cc2)c1. The molecular formula is C24H30N2O5. The van der Waals surface area contributed by atoms with Crippen LogP contribution in [0.15, 0.2) is 42.5 Å². The average molecular weight is 427 g/mol. The number of hydrogen-bond donors (Lipinski definition) is 1. The van der Waals surface area contributed by atoms with E-state index in [2.05, 4.69) is 24.1 Å². The number of ether oxygens (including phenoxy) is 3. The molecule has 1 N–H and O–H groups in total. The lowest BCUT2D eigenvalue weighted by Gasteiger charge is -2.28. The van der Waals surface area contributed by atoms with E-state index < -0.39 is 11.9 Å². The smallest absolute Gasteiger partial charge is 0.344 e. The van der Waals surface area contributed by atoms with E-state index in [1.54, 1.807) is 0 Å². The highest BCUT2D eigenvalue weighted by atomic mass is 16.6. The van der Waals surface area contributed by atoms with Crippen molar-refractivity contribution >= 4 is 23.3 Å². The number of nitrogens with zero attached hydrogens (tertiary/aromatic N) is 1. The third kappa shape index (κ3) is 6.72. The molecule has 0 saturated carbocycles. The van der Waals surface area contributed by atoms with Crippen molar-refractivity contribution in [2.45, 2.75) is 26.7 Å². The third-order valence-electron chi connectivity index (χ3n) is 5.03. The molecule has 7 heteroatoms. The lowest BCUT2D eigenvalue weighted by Crippen LogP contribution is -2.36. The molecule has 1 amide bonds. The van der Waals surface area contributed by atoms with Gasteiger partial charge in [0.05, 0.1) is 13.2 Å². The molecule has 0 bridgehead atoms. The van der Waals surface area contributed by atoms with Crippen LogP contribution in [-0.2, 0) is 19.1 Å². The first-order chi connectivity index (χ1) is 14.9. The monoisotopic (exact) mass is 426 g/mol. The second-order valence-corrected chi connectivity index (χ2v) is 7.84. The standard InChI is InChI=1S/C24H30N2O5/c1-17(2)21-9-4-18(3)14-22(21)30-16-24(28)31-15-23(27)25-19-5-7-20(8-6-19)26-10-12-29-13-11-26/h4-9,14,17H,10-13,15-16H2,1-3H3,(H,25,27). The van der Waals surface area contributed by atoms with Gasteiger partial charge in [0.25, 0.3) is 5.91 Å². The van der Waals surface area contributed by atoms with Gasteiger partial charge in [0, 0.05) is 24.5 Å². The average Bonchev–Trinajstić information content (AvgIpc) is 2.77. The van der Waals surface area contributed by atoms with Crippen LogP contribution in [0.25, 0.3) is 0 Å². The van der Waals surface area contributed by atoms with Gasteiger partial charge in [-0.2, -0.15) is 0 Å². The van der Waals surface area contributed by atoms with E-state index in [9.17, 15) is 9.59 Å². The van der Waals surface area contributed by atoms with E-state index in [0.717, 1.165) is 43.1 Å². The number of carbonyl (C=O) groups excluding carboxylic acids is 2. The molecule has 1 heterocycles. The molecule has 2 aromatic rings.